The van der Waals surface area contributed by atoms with Crippen molar-refractivity contribution in [3.63, 3.8) is 0 Å². The van der Waals surface area contributed by atoms with Gasteiger partial charge in [-0.2, -0.15) is 13.2 Å². The Bertz CT molecular complexity index is 1650. The van der Waals surface area contributed by atoms with E-state index in [0.717, 1.165) is 18.2 Å². The van der Waals surface area contributed by atoms with Gasteiger partial charge in [0.05, 0.1) is 4.90 Å². The molecule has 1 aromatic heterocycles. The van der Waals surface area contributed by atoms with Gasteiger partial charge in [-0.3, -0.25) is 9.59 Å². The molecular weight excluding hydrogens is 499 g/mol. The van der Waals surface area contributed by atoms with Gasteiger partial charge in [0.15, 0.2) is 0 Å². The van der Waals surface area contributed by atoms with Crippen LogP contribution < -0.4 is 16.0 Å². The van der Waals surface area contributed by atoms with E-state index >= 15 is 0 Å². The summed E-state index contributed by atoms with van der Waals surface area (Å²) in [5.41, 5.74) is -3.37. The van der Waals surface area contributed by atoms with Gasteiger partial charge >= 0.3 is 6.18 Å². The lowest BCUT2D eigenvalue weighted by atomic mass is 9.95. The summed E-state index contributed by atoms with van der Waals surface area (Å²) in [7, 11) is -3.97. The lowest BCUT2D eigenvalue weighted by Crippen LogP contribution is -2.27. The van der Waals surface area contributed by atoms with E-state index in [2.05, 4.69) is 5.32 Å². The topological polar surface area (TPSA) is 142 Å². The maximum atomic E-state index is 13.8. The fraction of sp³-hybridized carbons (Fsp3) is 0.0833. The van der Waals surface area contributed by atoms with E-state index in [0.29, 0.717) is 10.8 Å². The standard InChI is InChI=1S/C24H18F3N3O5S/c25-24(26,27)21-14(11-18-17-4-2-1-3-13(17)5-10-20(18)31)12-19(23(33)30-21)22(32)29-15-6-8-16(9-7-15)36(28,34)35/h1-10,12,31H,11H2,(H,29,32)(H,30,33)(H2,28,34,35). The third-order valence-corrected chi connectivity index (χ3v) is 6.40. The molecule has 0 saturated carbocycles. The number of hydrogen-bond donors (Lipinski definition) is 4. The highest BCUT2D eigenvalue weighted by Crippen LogP contribution is 2.34. The van der Waals surface area contributed by atoms with Crippen molar-refractivity contribution in [2.75, 3.05) is 5.32 Å². The maximum Gasteiger partial charge on any atom is 0.431 e. The summed E-state index contributed by atoms with van der Waals surface area (Å²) < 4.78 is 64.0. The van der Waals surface area contributed by atoms with E-state index in [9.17, 15) is 36.3 Å². The third kappa shape index (κ3) is 5.09. The summed E-state index contributed by atoms with van der Waals surface area (Å²) in [6.07, 6.45) is -5.37. The van der Waals surface area contributed by atoms with Crippen LogP contribution in [0, 0.1) is 0 Å². The van der Waals surface area contributed by atoms with Gasteiger partial charge in [0, 0.05) is 17.7 Å². The zero-order valence-corrected chi connectivity index (χ0v) is 19.1. The molecule has 3 aromatic carbocycles. The van der Waals surface area contributed by atoms with Crippen LogP contribution in [0.4, 0.5) is 18.9 Å². The maximum absolute atomic E-state index is 13.8. The van der Waals surface area contributed by atoms with Crippen molar-refractivity contribution >= 4 is 32.4 Å². The first-order valence-electron chi connectivity index (χ1n) is 10.3. The normalized spacial score (nSPS) is 12.0. The average Bonchev–Trinajstić information content (AvgIpc) is 2.80. The van der Waals surface area contributed by atoms with E-state index in [1.165, 1.54) is 18.2 Å². The van der Waals surface area contributed by atoms with Gasteiger partial charge in [-0.05, 0) is 52.7 Å². The zero-order valence-electron chi connectivity index (χ0n) is 18.3. The van der Waals surface area contributed by atoms with Crippen molar-refractivity contribution in [1.29, 1.82) is 0 Å². The SMILES string of the molecule is NS(=O)(=O)c1ccc(NC(=O)c2cc(Cc3c(O)ccc4ccccc34)c(C(F)(F)F)[nH]c2=O)cc1. The first kappa shape index (κ1) is 24.9. The summed E-state index contributed by atoms with van der Waals surface area (Å²) in [6, 6.07) is 15.3. The van der Waals surface area contributed by atoms with Crippen LogP contribution in [0.15, 0.2) is 76.4 Å². The molecule has 5 N–H and O–H groups in total. The number of carbonyl (C=O) groups excluding carboxylic acids is 1. The van der Waals surface area contributed by atoms with Gasteiger partial charge in [0.25, 0.3) is 11.5 Å². The minimum atomic E-state index is -4.94. The van der Waals surface area contributed by atoms with Crippen molar-refractivity contribution in [1.82, 2.24) is 4.98 Å². The molecule has 0 fully saturated rings. The molecule has 4 rings (SSSR count). The number of nitrogens with one attached hydrogen (secondary N) is 2. The summed E-state index contributed by atoms with van der Waals surface area (Å²) in [5, 5.41) is 18.9. The van der Waals surface area contributed by atoms with Crippen LogP contribution in [0.1, 0.15) is 27.2 Å². The zero-order chi connectivity index (χ0) is 26.3. The molecule has 36 heavy (non-hydrogen) atoms. The molecule has 1 heterocycles. The van der Waals surface area contributed by atoms with E-state index in [-0.39, 0.29) is 21.9 Å². The molecule has 8 nitrogen and oxygen atoms in total. The fourth-order valence-corrected chi connectivity index (χ4v) is 4.28. The molecule has 0 aliphatic carbocycles. The summed E-state index contributed by atoms with van der Waals surface area (Å²) in [5.74, 6) is -1.26. The number of carbonyl (C=O) groups is 1. The van der Waals surface area contributed by atoms with Gasteiger partial charge in [0.1, 0.15) is 17.0 Å². The molecule has 0 aliphatic heterocycles. The minimum absolute atomic E-state index is 0.0833. The number of rotatable bonds is 5. The summed E-state index contributed by atoms with van der Waals surface area (Å²) in [4.78, 5) is 26.7. The number of aromatic amines is 1. The average molecular weight is 517 g/mol. The number of sulfonamides is 1. The molecule has 0 radical (unpaired) electrons. The number of nitrogens with two attached hydrogens (primary N) is 1. The number of halogens is 3. The van der Waals surface area contributed by atoms with E-state index in [1.807, 2.05) is 0 Å². The van der Waals surface area contributed by atoms with Crippen molar-refractivity contribution in [2.24, 2.45) is 5.14 Å². The predicted molar refractivity (Wildman–Crippen MR) is 126 cm³/mol. The van der Waals surface area contributed by atoms with Crippen LogP contribution in [-0.2, 0) is 22.6 Å². The number of H-pyrrole nitrogens is 1. The molecule has 12 heteroatoms. The molecule has 186 valence electrons. The van der Waals surface area contributed by atoms with Gasteiger partial charge in [-0.25, -0.2) is 13.6 Å². The second-order valence-corrected chi connectivity index (χ2v) is 9.46. The number of aromatic nitrogens is 1. The Balaban J connectivity index is 1.76. The first-order valence-corrected chi connectivity index (χ1v) is 11.9. The highest BCUT2D eigenvalue weighted by atomic mass is 32.2. The van der Waals surface area contributed by atoms with Crippen LogP contribution in [0.3, 0.4) is 0 Å². The van der Waals surface area contributed by atoms with Crippen molar-refractivity contribution in [3.8, 4) is 5.75 Å². The Morgan fingerprint density at radius 1 is 1.03 bits per heavy atom. The van der Waals surface area contributed by atoms with Gasteiger partial charge in [-0.15, -0.1) is 0 Å². The molecule has 0 atom stereocenters. The molecule has 0 bridgehead atoms. The number of hydrogen-bond acceptors (Lipinski definition) is 5. The molecule has 0 unspecified atom stereocenters. The Morgan fingerprint density at radius 2 is 1.69 bits per heavy atom. The van der Waals surface area contributed by atoms with E-state index < -0.39 is 50.9 Å². The number of phenolic OH excluding ortho intramolecular Hbond substituents is 1. The van der Waals surface area contributed by atoms with Crippen LogP contribution >= 0.6 is 0 Å². The molecular formula is C24H18F3N3O5S. The van der Waals surface area contributed by atoms with Crippen molar-refractivity contribution < 1.29 is 31.5 Å². The van der Waals surface area contributed by atoms with Crippen molar-refractivity contribution in [3.05, 3.63) is 99.5 Å². The summed E-state index contributed by atoms with van der Waals surface area (Å²) >= 11 is 0. The first-order chi connectivity index (χ1) is 16.8. The quantitative estimate of drug-likeness (QED) is 0.319. The molecule has 0 aliphatic rings. The lowest BCUT2D eigenvalue weighted by molar-refractivity contribution is -0.141. The Labute approximate surface area is 202 Å². The number of pyridine rings is 1. The second kappa shape index (κ2) is 9.13. The molecule has 0 saturated heterocycles. The third-order valence-electron chi connectivity index (χ3n) is 5.47. The largest absolute Gasteiger partial charge is 0.508 e. The highest BCUT2D eigenvalue weighted by molar-refractivity contribution is 7.89. The predicted octanol–water partition coefficient (Wildman–Crippen LogP) is 3.74. The van der Waals surface area contributed by atoms with Gasteiger partial charge in [-0.1, -0.05) is 30.3 Å². The minimum Gasteiger partial charge on any atom is -0.508 e. The lowest BCUT2D eigenvalue weighted by Gasteiger charge is -2.16. The summed E-state index contributed by atoms with van der Waals surface area (Å²) in [6.45, 7) is 0. The molecule has 0 spiro atoms. The number of primary sulfonamides is 1. The Morgan fingerprint density at radius 3 is 2.33 bits per heavy atom. The number of anilines is 1. The number of phenols is 1. The molecule has 1 amide bonds. The van der Waals surface area contributed by atoms with Crippen LogP contribution in [-0.4, -0.2) is 24.4 Å². The number of amides is 1. The monoisotopic (exact) mass is 517 g/mol. The Hall–Kier alpha value is -4.16. The Kier molecular flexibility index (Phi) is 6.33. The highest BCUT2D eigenvalue weighted by Gasteiger charge is 2.36. The number of benzene rings is 3. The van der Waals surface area contributed by atoms with Crippen LogP contribution in [0.2, 0.25) is 0 Å². The number of fused-ring (bicyclic) bond motifs is 1. The van der Waals surface area contributed by atoms with Gasteiger partial charge < -0.3 is 15.4 Å². The van der Waals surface area contributed by atoms with Crippen LogP contribution in [0.25, 0.3) is 10.8 Å². The fourth-order valence-electron chi connectivity index (χ4n) is 3.76. The van der Waals surface area contributed by atoms with Crippen LogP contribution in [0.5, 0.6) is 5.75 Å². The number of aromatic hydroxyl groups is 1. The number of alkyl halides is 3. The van der Waals surface area contributed by atoms with Gasteiger partial charge in [0.2, 0.25) is 10.0 Å². The smallest absolute Gasteiger partial charge is 0.431 e. The second-order valence-electron chi connectivity index (χ2n) is 7.89. The van der Waals surface area contributed by atoms with Crippen molar-refractivity contribution in [2.45, 2.75) is 17.5 Å². The van der Waals surface area contributed by atoms with E-state index in [1.54, 1.807) is 35.3 Å². The molecule has 4 aromatic rings. The van der Waals surface area contributed by atoms with E-state index in [4.69, 9.17) is 5.14 Å².